The van der Waals surface area contributed by atoms with Gasteiger partial charge in [-0.05, 0) is 55.8 Å². The fourth-order valence-corrected chi connectivity index (χ4v) is 3.12. The number of benzene rings is 2. The molecule has 0 fully saturated rings. The summed E-state index contributed by atoms with van der Waals surface area (Å²) in [6, 6.07) is 15.4. The molecule has 8 nitrogen and oxygen atoms in total. The lowest BCUT2D eigenvalue weighted by Gasteiger charge is -2.18. The summed E-state index contributed by atoms with van der Waals surface area (Å²) in [6.45, 7) is 4.03. The van der Waals surface area contributed by atoms with Crippen molar-refractivity contribution in [3.63, 3.8) is 0 Å². The Morgan fingerprint density at radius 2 is 1.76 bits per heavy atom. The van der Waals surface area contributed by atoms with E-state index < -0.39 is 11.8 Å². The van der Waals surface area contributed by atoms with Crippen LogP contribution in [0.1, 0.15) is 28.6 Å². The second-order valence-electron chi connectivity index (χ2n) is 7.55. The molecule has 178 valence electrons. The number of methoxy groups -OCH3 is 2. The van der Waals surface area contributed by atoms with Gasteiger partial charge in [0.1, 0.15) is 23.8 Å². The van der Waals surface area contributed by atoms with Crippen molar-refractivity contribution in [2.24, 2.45) is 0 Å². The standard InChI is InChI=1S/C26H28N2O6/c1-17-8-5-6-10-22(17)34-16-18(2)27-26(30)21(15-20-9-7-13-33-20)28-25(29)19-11-12-23(31-3)24(14-19)32-4/h5-15,18H,16H2,1-4H3,(H,27,30)(H,28,29)/b21-15-/t18-/m1/s1. The number of ether oxygens (including phenoxy) is 3. The van der Waals surface area contributed by atoms with Crippen molar-refractivity contribution in [1.29, 1.82) is 0 Å². The number of furan rings is 1. The van der Waals surface area contributed by atoms with E-state index in [-0.39, 0.29) is 18.3 Å². The van der Waals surface area contributed by atoms with Crippen LogP contribution < -0.4 is 24.8 Å². The largest absolute Gasteiger partial charge is 0.493 e. The molecule has 0 aliphatic rings. The number of hydrogen-bond donors (Lipinski definition) is 2. The van der Waals surface area contributed by atoms with Crippen molar-refractivity contribution in [3.05, 3.63) is 83.4 Å². The van der Waals surface area contributed by atoms with Gasteiger partial charge in [-0.1, -0.05) is 18.2 Å². The van der Waals surface area contributed by atoms with Crippen LogP contribution in [0.5, 0.6) is 17.2 Å². The molecule has 0 aliphatic heterocycles. The number of carbonyl (C=O) groups is 2. The molecule has 0 spiro atoms. The molecule has 1 atom stereocenters. The van der Waals surface area contributed by atoms with E-state index in [1.54, 1.807) is 24.3 Å². The number of rotatable bonds is 10. The molecule has 1 heterocycles. The molecule has 0 radical (unpaired) electrons. The Hall–Kier alpha value is -4.20. The minimum Gasteiger partial charge on any atom is -0.493 e. The van der Waals surface area contributed by atoms with Crippen LogP contribution in [0.2, 0.25) is 0 Å². The lowest BCUT2D eigenvalue weighted by Crippen LogP contribution is -2.41. The van der Waals surface area contributed by atoms with Gasteiger partial charge in [-0.25, -0.2) is 0 Å². The van der Waals surface area contributed by atoms with E-state index >= 15 is 0 Å². The Labute approximate surface area is 198 Å². The minimum atomic E-state index is -0.488. The van der Waals surface area contributed by atoms with Gasteiger partial charge >= 0.3 is 0 Å². The van der Waals surface area contributed by atoms with E-state index in [2.05, 4.69) is 10.6 Å². The van der Waals surface area contributed by atoms with Crippen molar-refractivity contribution in [3.8, 4) is 17.2 Å². The lowest BCUT2D eigenvalue weighted by molar-refractivity contribution is -0.118. The molecule has 2 N–H and O–H groups in total. The van der Waals surface area contributed by atoms with Gasteiger partial charge in [-0.3, -0.25) is 9.59 Å². The summed E-state index contributed by atoms with van der Waals surface area (Å²) in [5.74, 6) is 1.09. The maximum absolute atomic E-state index is 13.0. The molecule has 0 bridgehead atoms. The SMILES string of the molecule is COc1ccc(C(=O)N/C(=C\c2ccco2)C(=O)N[C@H](C)COc2ccccc2C)cc1OC. The van der Waals surface area contributed by atoms with E-state index in [0.29, 0.717) is 22.8 Å². The van der Waals surface area contributed by atoms with Crippen LogP contribution >= 0.6 is 0 Å². The van der Waals surface area contributed by atoms with Crippen LogP contribution in [-0.4, -0.2) is 38.7 Å². The van der Waals surface area contributed by atoms with Crippen molar-refractivity contribution >= 4 is 17.9 Å². The summed E-state index contributed by atoms with van der Waals surface area (Å²) in [5, 5.41) is 5.51. The Kier molecular flexibility index (Phi) is 8.34. The van der Waals surface area contributed by atoms with Crippen LogP contribution in [-0.2, 0) is 4.79 Å². The smallest absolute Gasteiger partial charge is 0.268 e. The highest BCUT2D eigenvalue weighted by atomic mass is 16.5. The molecular formula is C26H28N2O6. The Morgan fingerprint density at radius 3 is 2.44 bits per heavy atom. The first-order valence-corrected chi connectivity index (χ1v) is 10.7. The molecule has 8 heteroatoms. The van der Waals surface area contributed by atoms with Gasteiger partial charge in [0.05, 0.1) is 26.5 Å². The predicted octanol–water partition coefficient (Wildman–Crippen LogP) is 3.96. The number of aryl methyl sites for hydroxylation is 1. The van der Waals surface area contributed by atoms with Crippen molar-refractivity contribution in [2.45, 2.75) is 19.9 Å². The fraction of sp³-hybridized carbons (Fsp3) is 0.231. The normalized spacial score (nSPS) is 11.9. The van der Waals surface area contributed by atoms with Crippen LogP contribution in [0.4, 0.5) is 0 Å². The minimum absolute atomic E-state index is 0.0254. The zero-order valence-electron chi connectivity index (χ0n) is 19.6. The van der Waals surface area contributed by atoms with Gasteiger partial charge in [0, 0.05) is 11.6 Å². The summed E-state index contributed by atoms with van der Waals surface area (Å²) >= 11 is 0. The topological polar surface area (TPSA) is 99.0 Å². The molecule has 0 saturated heterocycles. The highest BCUT2D eigenvalue weighted by molar-refractivity contribution is 6.05. The Morgan fingerprint density at radius 1 is 1.00 bits per heavy atom. The van der Waals surface area contributed by atoms with E-state index in [1.807, 2.05) is 38.1 Å². The number of nitrogens with one attached hydrogen (secondary N) is 2. The molecule has 1 aromatic heterocycles. The third-order valence-corrected chi connectivity index (χ3v) is 4.93. The first-order chi connectivity index (χ1) is 16.4. The van der Waals surface area contributed by atoms with Gasteiger partial charge in [-0.2, -0.15) is 0 Å². The predicted molar refractivity (Wildman–Crippen MR) is 128 cm³/mol. The Balaban J connectivity index is 1.72. The number of para-hydroxylation sites is 1. The van der Waals surface area contributed by atoms with Crippen LogP contribution in [0.25, 0.3) is 6.08 Å². The fourth-order valence-electron chi connectivity index (χ4n) is 3.12. The molecule has 0 aliphatic carbocycles. The third kappa shape index (κ3) is 6.41. The maximum Gasteiger partial charge on any atom is 0.268 e. The van der Waals surface area contributed by atoms with Gasteiger partial charge < -0.3 is 29.3 Å². The third-order valence-electron chi connectivity index (χ3n) is 4.93. The zero-order valence-corrected chi connectivity index (χ0v) is 19.6. The first-order valence-electron chi connectivity index (χ1n) is 10.7. The van der Waals surface area contributed by atoms with Crippen LogP contribution in [0.15, 0.2) is 71.0 Å². The molecule has 0 saturated carbocycles. The second kappa shape index (κ2) is 11.6. The van der Waals surface area contributed by atoms with E-state index in [0.717, 1.165) is 11.3 Å². The number of carbonyl (C=O) groups excluding carboxylic acids is 2. The molecule has 34 heavy (non-hydrogen) atoms. The maximum atomic E-state index is 13.0. The summed E-state index contributed by atoms with van der Waals surface area (Å²) in [5.41, 5.74) is 1.32. The molecule has 0 unspecified atom stereocenters. The van der Waals surface area contributed by atoms with E-state index in [4.69, 9.17) is 18.6 Å². The Bertz CT molecular complexity index is 1150. The molecule has 3 aromatic rings. The van der Waals surface area contributed by atoms with Crippen molar-refractivity contribution < 1.29 is 28.2 Å². The van der Waals surface area contributed by atoms with Gasteiger partial charge in [0.15, 0.2) is 11.5 Å². The highest BCUT2D eigenvalue weighted by Crippen LogP contribution is 2.27. The monoisotopic (exact) mass is 464 g/mol. The van der Waals surface area contributed by atoms with Crippen molar-refractivity contribution in [2.75, 3.05) is 20.8 Å². The summed E-state index contributed by atoms with van der Waals surface area (Å²) in [7, 11) is 2.99. The number of hydrogen-bond acceptors (Lipinski definition) is 6. The molecule has 2 amide bonds. The molecule has 2 aromatic carbocycles. The molecule has 3 rings (SSSR count). The van der Waals surface area contributed by atoms with Crippen molar-refractivity contribution in [1.82, 2.24) is 10.6 Å². The summed E-state index contributed by atoms with van der Waals surface area (Å²) in [4.78, 5) is 25.9. The zero-order chi connectivity index (χ0) is 24.5. The van der Waals surface area contributed by atoms with E-state index in [9.17, 15) is 9.59 Å². The van der Waals surface area contributed by atoms with Crippen LogP contribution in [0, 0.1) is 6.92 Å². The first kappa shape index (κ1) is 24.4. The van der Waals surface area contributed by atoms with Gasteiger partial charge in [-0.15, -0.1) is 0 Å². The average Bonchev–Trinajstić information content (AvgIpc) is 3.35. The van der Waals surface area contributed by atoms with E-state index in [1.165, 1.54) is 32.6 Å². The van der Waals surface area contributed by atoms with Gasteiger partial charge in [0.2, 0.25) is 0 Å². The second-order valence-corrected chi connectivity index (χ2v) is 7.55. The van der Waals surface area contributed by atoms with Gasteiger partial charge in [0.25, 0.3) is 11.8 Å². The summed E-state index contributed by atoms with van der Waals surface area (Å²) in [6.07, 6.45) is 2.94. The quantitative estimate of drug-likeness (QED) is 0.441. The molecular weight excluding hydrogens is 436 g/mol. The lowest BCUT2D eigenvalue weighted by atomic mass is 10.1. The van der Waals surface area contributed by atoms with Crippen LogP contribution in [0.3, 0.4) is 0 Å². The summed E-state index contributed by atoms with van der Waals surface area (Å²) < 4.78 is 21.6. The average molecular weight is 465 g/mol. The highest BCUT2D eigenvalue weighted by Gasteiger charge is 2.19. The number of amides is 2.